The van der Waals surface area contributed by atoms with Gasteiger partial charge in [-0.05, 0) is 10.8 Å². The first kappa shape index (κ1) is 17.6. The molecular formula is C12H6Na2O4. The van der Waals surface area contributed by atoms with Crippen molar-refractivity contribution in [3.63, 3.8) is 0 Å². The minimum absolute atomic E-state index is 0. The molecule has 0 spiro atoms. The van der Waals surface area contributed by atoms with Gasteiger partial charge in [0, 0.05) is 11.1 Å². The van der Waals surface area contributed by atoms with Crippen LogP contribution in [-0.4, -0.2) is 11.9 Å². The van der Waals surface area contributed by atoms with E-state index >= 15 is 0 Å². The van der Waals surface area contributed by atoms with E-state index in [1.54, 1.807) is 18.2 Å². The molecule has 0 heterocycles. The number of carboxylic acid groups (broad SMARTS) is 2. The van der Waals surface area contributed by atoms with E-state index in [-0.39, 0.29) is 70.2 Å². The smallest absolute Gasteiger partial charge is 0.545 e. The van der Waals surface area contributed by atoms with Gasteiger partial charge in [-0.3, -0.25) is 0 Å². The summed E-state index contributed by atoms with van der Waals surface area (Å²) in [4.78, 5) is 21.7. The second-order valence-electron chi connectivity index (χ2n) is 3.28. The first-order chi connectivity index (χ1) is 7.61. The summed E-state index contributed by atoms with van der Waals surface area (Å²) >= 11 is 0. The maximum absolute atomic E-state index is 10.9. The van der Waals surface area contributed by atoms with Gasteiger partial charge in [0.2, 0.25) is 0 Å². The molecule has 0 fully saturated rings. The van der Waals surface area contributed by atoms with Gasteiger partial charge in [-0.25, -0.2) is 0 Å². The van der Waals surface area contributed by atoms with Gasteiger partial charge in [-0.2, -0.15) is 0 Å². The van der Waals surface area contributed by atoms with Crippen molar-refractivity contribution in [2.45, 2.75) is 0 Å². The van der Waals surface area contributed by atoms with Gasteiger partial charge in [0.25, 0.3) is 0 Å². The molecule has 0 N–H and O–H groups in total. The molecule has 0 saturated heterocycles. The van der Waals surface area contributed by atoms with Crippen LogP contribution in [0, 0.1) is 0 Å². The summed E-state index contributed by atoms with van der Waals surface area (Å²) in [7, 11) is 0. The zero-order chi connectivity index (χ0) is 11.7. The van der Waals surface area contributed by atoms with Crippen LogP contribution in [0.1, 0.15) is 20.7 Å². The number of carboxylic acids is 2. The second-order valence-corrected chi connectivity index (χ2v) is 3.28. The molecule has 0 radical (unpaired) electrons. The Hall–Kier alpha value is -0.360. The fraction of sp³-hybridized carbons (Fsp3) is 0. The van der Waals surface area contributed by atoms with E-state index in [1.807, 2.05) is 0 Å². The molecule has 0 bridgehead atoms. The summed E-state index contributed by atoms with van der Waals surface area (Å²) in [5, 5.41) is 22.7. The van der Waals surface area contributed by atoms with Gasteiger partial charge in [0.05, 0.1) is 11.9 Å². The third kappa shape index (κ3) is 3.35. The number of fused-ring (bicyclic) bond motifs is 1. The number of hydrogen-bond donors (Lipinski definition) is 0. The van der Waals surface area contributed by atoms with Crippen LogP contribution in [0.5, 0.6) is 0 Å². The summed E-state index contributed by atoms with van der Waals surface area (Å²) < 4.78 is 0. The minimum atomic E-state index is -1.52. The third-order valence-electron chi connectivity index (χ3n) is 2.35. The van der Waals surface area contributed by atoms with E-state index in [9.17, 15) is 19.8 Å². The first-order valence-corrected chi connectivity index (χ1v) is 4.55. The van der Waals surface area contributed by atoms with Gasteiger partial charge in [0.1, 0.15) is 0 Å². The zero-order valence-electron chi connectivity index (χ0n) is 10.1. The molecule has 18 heavy (non-hydrogen) atoms. The Labute approximate surface area is 148 Å². The van der Waals surface area contributed by atoms with E-state index in [0.717, 1.165) is 0 Å². The minimum Gasteiger partial charge on any atom is -0.545 e. The summed E-state index contributed by atoms with van der Waals surface area (Å²) in [6.45, 7) is 0. The van der Waals surface area contributed by atoms with E-state index in [2.05, 4.69) is 0 Å². The number of aromatic carboxylic acids is 2. The Bertz CT molecular complexity index is 596. The van der Waals surface area contributed by atoms with Crippen LogP contribution in [0.4, 0.5) is 0 Å². The number of rotatable bonds is 2. The van der Waals surface area contributed by atoms with E-state index in [0.29, 0.717) is 10.8 Å². The number of hydrogen-bond acceptors (Lipinski definition) is 4. The Morgan fingerprint density at radius 3 is 2.00 bits per heavy atom. The standard InChI is InChI=1S/C12H8O4.2Na/c13-11(14)9-6-5-7-3-1-2-4-8(7)10(9)12(15)16;;/h1-6H,(H,13,14)(H,15,16);;/q;2*+1/p-2. The molecular weight excluding hydrogens is 254 g/mol. The van der Waals surface area contributed by atoms with Gasteiger partial charge >= 0.3 is 59.1 Å². The molecule has 0 aliphatic heterocycles. The van der Waals surface area contributed by atoms with Crippen molar-refractivity contribution in [1.29, 1.82) is 0 Å². The van der Waals surface area contributed by atoms with Crippen LogP contribution in [-0.2, 0) is 0 Å². The quantitative estimate of drug-likeness (QED) is 0.503. The molecule has 2 aromatic rings. The van der Waals surface area contributed by atoms with Gasteiger partial charge in [0.15, 0.2) is 0 Å². The molecule has 2 rings (SSSR count). The molecule has 0 aliphatic carbocycles. The summed E-state index contributed by atoms with van der Waals surface area (Å²) in [6.07, 6.45) is 0. The van der Waals surface area contributed by atoms with Crippen molar-refractivity contribution in [3.8, 4) is 0 Å². The van der Waals surface area contributed by atoms with Crippen molar-refractivity contribution < 1.29 is 78.9 Å². The van der Waals surface area contributed by atoms with Crippen molar-refractivity contribution >= 4 is 22.7 Å². The molecule has 0 aliphatic rings. The number of carbonyl (C=O) groups is 2. The van der Waals surface area contributed by atoms with Crippen LogP contribution in [0.3, 0.4) is 0 Å². The second kappa shape index (κ2) is 7.28. The maximum atomic E-state index is 10.9. The molecule has 4 nitrogen and oxygen atoms in total. The molecule has 0 aromatic heterocycles. The van der Waals surface area contributed by atoms with Crippen molar-refractivity contribution in [1.82, 2.24) is 0 Å². The normalized spacial score (nSPS) is 9.11. The monoisotopic (exact) mass is 260 g/mol. The van der Waals surface area contributed by atoms with Crippen LogP contribution in [0.15, 0.2) is 36.4 Å². The maximum Gasteiger partial charge on any atom is 1.00 e. The molecule has 0 amide bonds. The van der Waals surface area contributed by atoms with Gasteiger partial charge in [-0.1, -0.05) is 36.4 Å². The molecule has 0 unspecified atom stereocenters. The fourth-order valence-electron chi connectivity index (χ4n) is 1.66. The average molecular weight is 260 g/mol. The average Bonchev–Trinajstić information content (AvgIpc) is 2.27. The molecule has 0 atom stereocenters. The van der Waals surface area contributed by atoms with E-state index in [1.165, 1.54) is 18.2 Å². The third-order valence-corrected chi connectivity index (χ3v) is 2.35. The van der Waals surface area contributed by atoms with E-state index < -0.39 is 11.9 Å². The topological polar surface area (TPSA) is 80.3 Å². The first-order valence-electron chi connectivity index (χ1n) is 4.55. The van der Waals surface area contributed by atoms with Crippen molar-refractivity contribution in [3.05, 3.63) is 47.5 Å². The summed E-state index contributed by atoms with van der Waals surface area (Å²) in [5.74, 6) is -3.04. The zero-order valence-corrected chi connectivity index (χ0v) is 14.1. The fourth-order valence-corrected chi connectivity index (χ4v) is 1.66. The SMILES string of the molecule is O=C([O-])c1ccc2ccccc2c1C(=O)[O-].[Na+].[Na+]. The Kier molecular flexibility index (Phi) is 7.14. The van der Waals surface area contributed by atoms with Crippen LogP contribution in [0.25, 0.3) is 10.8 Å². The summed E-state index contributed by atoms with van der Waals surface area (Å²) in [6, 6.07) is 9.34. The molecule has 0 saturated carbocycles. The Balaban J connectivity index is 0.00000144. The molecule has 6 heteroatoms. The Morgan fingerprint density at radius 1 is 0.833 bits per heavy atom. The molecule has 2 aromatic carbocycles. The summed E-state index contributed by atoms with van der Waals surface area (Å²) in [5.41, 5.74) is -0.697. The number of carbonyl (C=O) groups excluding carboxylic acids is 2. The molecule has 80 valence electrons. The predicted molar refractivity (Wildman–Crippen MR) is 52.6 cm³/mol. The van der Waals surface area contributed by atoms with Gasteiger partial charge in [-0.15, -0.1) is 0 Å². The van der Waals surface area contributed by atoms with Crippen LogP contribution < -0.4 is 69.3 Å². The van der Waals surface area contributed by atoms with Crippen LogP contribution in [0.2, 0.25) is 0 Å². The van der Waals surface area contributed by atoms with Crippen molar-refractivity contribution in [2.24, 2.45) is 0 Å². The van der Waals surface area contributed by atoms with E-state index in [4.69, 9.17) is 0 Å². The Morgan fingerprint density at radius 2 is 1.44 bits per heavy atom. The predicted octanol–water partition coefficient (Wildman–Crippen LogP) is -6.43. The van der Waals surface area contributed by atoms with Gasteiger partial charge < -0.3 is 19.8 Å². The number of benzene rings is 2. The van der Waals surface area contributed by atoms with Crippen molar-refractivity contribution in [2.75, 3.05) is 0 Å². The largest absolute Gasteiger partial charge is 1.00 e. The van der Waals surface area contributed by atoms with Crippen LogP contribution >= 0.6 is 0 Å².